The molecule has 2 aromatic carbocycles. The Hall–Kier alpha value is -3.19. The molecule has 0 aliphatic rings. The van der Waals surface area contributed by atoms with E-state index in [2.05, 4.69) is 15.1 Å². The van der Waals surface area contributed by atoms with E-state index < -0.39 is 11.6 Å². The molecule has 0 saturated heterocycles. The fourth-order valence-electron chi connectivity index (χ4n) is 2.48. The van der Waals surface area contributed by atoms with Gasteiger partial charge in [0, 0.05) is 11.6 Å². The number of phenols is 2. The van der Waals surface area contributed by atoms with Crippen LogP contribution in [0.15, 0.2) is 48.8 Å². The highest BCUT2D eigenvalue weighted by molar-refractivity contribution is 6.33. The van der Waals surface area contributed by atoms with Crippen LogP contribution in [0.3, 0.4) is 0 Å². The number of aromatic nitrogens is 4. The third kappa shape index (κ3) is 2.64. The van der Waals surface area contributed by atoms with Gasteiger partial charge in [0.1, 0.15) is 16.8 Å². The largest absolute Gasteiger partial charge is 0.508 e. The van der Waals surface area contributed by atoms with Gasteiger partial charge in [-0.3, -0.25) is 0 Å². The molecular weight excluding hydrogens is 347 g/mol. The van der Waals surface area contributed by atoms with Crippen molar-refractivity contribution in [2.24, 2.45) is 0 Å². The van der Waals surface area contributed by atoms with Crippen LogP contribution in [0.25, 0.3) is 28.1 Å². The number of rotatable bonds is 2. The SMILES string of the molecule is Oc1ccc(-c2ncc3c(cnn3-c3ccc(F)c(O)c3)n2)c(Cl)c1. The molecule has 0 atom stereocenters. The molecule has 0 aliphatic heterocycles. The number of aromatic hydroxyl groups is 2. The molecule has 0 aliphatic carbocycles. The van der Waals surface area contributed by atoms with Gasteiger partial charge in [0.25, 0.3) is 0 Å². The summed E-state index contributed by atoms with van der Waals surface area (Å²) >= 11 is 6.12. The standard InChI is InChI=1S/C17H10ClFN4O2/c18-12-6-10(24)2-3-11(12)17-20-8-15-14(22-17)7-21-23(15)9-1-4-13(19)16(25)5-9/h1-8,24-25H. The van der Waals surface area contributed by atoms with Gasteiger partial charge in [0.05, 0.1) is 23.1 Å². The Bertz CT molecular complexity index is 1110. The number of nitrogens with zero attached hydrogens (tertiary/aromatic N) is 4. The quantitative estimate of drug-likeness (QED) is 0.572. The molecule has 8 heteroatoms. The predicted octanol–water partition coefficient (Wildman–Crippen LogP) is 3.69. The minimum absolute atomic E-state index is 0.0544. The first-order valence-electron chi connectivity index (χ1n) is 7.21. The summed E-state index contributed by atoms with van der Waals surface area (Å²) in [5.74, 6) is -0.729. The average molecular weight is 357 g/mol. The van der Waals surface area contributed by atoms with Crippen LogP contribution in [0, 0.1) is 5.82 Å². The maximum atomic E-state index is 13.2. The molecule has 0 spiro atoms. The van der Waals surface area contributed by atoms with E-state index in [4.69, 9.17) is 11.6 Å². The van der Waals surface area contributed by atoms with Gasteiger partial charge in [-0.2, -0.15) is 5.10 Å². The Morgan fingerprint density at radius 1 is 1.04 bits per heavy atom. The van der Waals surface area contributed by atoms with Crippen molar-refractivity contribution in [2.75, 3.05) is 0 Å². The minimum atomic E-state index is -0.708. The van der Waals surface area contributed by atoms with Gasteiger partial charge in [-0.25, -0.2) is 19.0 Å². The number of benzene rings is 2. The Balaban J connectivity index is 1.82. The maximum Gasteiger partial charge on any atom is 0.164 e. The molecule has 2 aromatic heterocycles. The van der Waals surface area contributed by atoms with E-state index in [0.717, 1.165) is 6.07 Å². The summed E-state index contributed by atoms with van der Waals surface area (Å²) < 4.78 is 14.7. The van der Waals surface area contributed by atoms with Crippen LogP contribution < -0.4 is 0 Å². The van der Waals surface area contributed by atoms with Gasteiger partial charge < -0.3 is 10.2 Å². The molecule has 0 amide bonds. The molecule has 25 heavy (non-hydrogen) atoms. The molecular formula is C17H10ClFN4O2. The zero-order valence-corrected chi connectivity index (χ0v) is 13.3. The van der Waals surface area contributed by atoms with Crippen LogP contribution in [-0.4, -0.2) is 30.0 Å². The second-order valence-electron chi connectivity index (χ2n) is 5.32. The lowest BCUT2D eigenvalue weighted by atomic mass is 10.2. The van der Waals surface area contributed by atoms with Crippen LogP contribution in [0.5, 0.6) is 11.5 Å². The van der Waals surface area contributed by atoms with Crippen molar-refractivity contribution in [2.45, 2.75) is 0 Å². The van der Waals surface area contributed by atoms with Crippen molar-refractivity contribution in [3.8, 4) is 28.6 Å². The molecule has 0 fully saturated rings. The van der Waals surface area contributed by atoms with Gasteiger partial charge in [-0.1, -0.05) is 11.6 Å². The highest BCUT2D eigenvalue weighted by Gasteiger charge is 2.13. The molecule has 0 bridgehead atoms. The van der Waals surface area contributed by atoms with Gasteiger partial charge >= 0.3 is 0 Å². The zero-order chi connectivity index (χ0) is 17.6. The summed E-state index contributed by atoms with van der Waals surface area (Å²) in [6.45, 7) is 0. The molecule has 2 N–H and O–H groups in total. The smallest absolute Gasteiger partial charge is 0.164 e. The highest BCUT2D eigenvalue weighted by atomic mass is 35.5. The lowest BCUT2D eigenvalue weighted by Gasteiger charge is -2.06. The van der Waals surface area contributed by atoms with Crippen molar-refractivity contribution < 1.29 is 14.6 Å². The fraction of sp³-hybridized carbons (Fsp3) is 0. The lowest BCUT2D eigenvalue weighted by molar-refractivity contribution is 0.432. The summed E-state index contributed by atoms with van der Waals surface area (Å²) in [6.07, 6.45) is 3.10. The van der Waals surface area contributed by atoms with Crippen molar-refractivity contribution in [1.82, 2.24) is 19.7 Å². The van der Waals surface area contributed by atoms with Gasteiger partial charge in [-0.05, 0) is 30.3 Å². The monoisotopic (exact) mass is 356 g/mol. The molecule has 6 nitrogen and oxygen atoms in total. The number of phenolic OH excluding ortho intramolecular Hbond substituents is 2. The van der Waals surface area contributed by atoms with E-state index in [1.54, 1.807) is 12.3 Å². The van der Waals surface area contributed by atoms with E-state index in [1.807, 2.05) is 0 Å². The molecule has 124 valence electrons. The summed E-state index contributed by atoms with van der Waals surface area (Å²) in [7, 11) is 0. The van der Waals surface area contributed by atoms with Crippen LogP contribution >= 0.6 is 11.6 Å². The molecule has 0 unspecified atom stereocenters. The summed E-state index contributed by atoms with van der Waals surface area (Å²) in [5, 5.41) is 23.5. The number of hydrogen-bond donors (Lipinski definition) is 2. The Morgan fingerprint density at radius 3 is 2.64 bits per heavy atom. The van der Waals surface area contributed by atoms with Gasteiger partial charge in [0.2, 0.25) is 0 Å². The number of hydrogen-bond acceptors (Lipinski definition) is 5. The van der Waals surface area contributed by atoms with Crippen LogP contribution in [0.1, 0.15) is 0 Å². The van der Waals surface area contributed by atoms with Crippen LogP contribution in [0.4, 0.5) is 4.39 Å². The van der Waals surface area contributed by atoms with Crippen molar-refractivity contribution >= 4 is 22.6 Å². The van der Waals surface area contributed by atoms with Crippen LogP contribution in [-0.2, 0) is 0 Å². The van der Waals surface area contributed by atoms with Crippen LogP contribution in [0.2, 0.25) is 5.02 Å². The Morgan fingerprint density at radius 2 is 1.88 bits per heavy atom. The van der Waals surface area contributed by atoms with E-state index in [-0.39, 0.29) is 5.75 Å². The van der Waals surface area contributed by atoms with Crippen molar-refractivity contribution in [3.05, 3.63) is 59.6 Å². The third-order valence-electron chi connectivity index (χ3n) is 3.69. The van der Waals surface area contributed by atoms with E-state index in [9.17, 15) is 14.6 Å². The number of halogens is 2. The van der Waals surface area contributed by atoms with E-state index >= 15 is 0 Å². The zero-order valence-electron chi connectivity index (χ0n) is 12.6. The third-order valence-corrected chi connectivity index (χ3v) is 4.00. The maximum absolute atomic E-state index is 13.2. The second kappa shape index (κ2) is 5.71. The first-order chi connectivity index (χ1) is 12.0. The van der Waals surface area contributed by atoms with Gasteiger partial charge in [0.15, 0.2) is 17.4 Å². The highest BCUT2D eigenvalue weighted by Crippen LogP contribution is 2.30. The number of fused-ring (bicyclic) bond motifs is 1. The predicted molar refractivity (Wildman–Crippen MR) is 90.4 cm³/mol. The fourth-order valence-corrected chi connectivity index (χ4v) is 2.73. The first kappa shape index (κ1) is 15.3. The van der Waals surface area contributed by atoms with Crippen molar-refractivity contribution in [1.29, 1.82) is 0 Å². The Kier molecular flexibility index (Phi) is 3.51. The summed E-state index contributed by atoms with van der Waals surface area (Å²) in [4.78, 5) is 8.72. The topological polar surface area (TPSA) is 84.1 Å². The molecule has 0 saturated carbocycles. The molecule has 0 radical (unpaired) electrons. The van der Waals surface area contributed by atoms with Gasteiger partial charge in [-0.15, -0.1) is 0 Å². The van der Waals surface area contributed by atoms with Crippen molar-refractivity contribution in [3.63, 3.8) is 0 Å². The van der Waals surface area contributed by atoms with E-state index in [1.165, 1.54) is 35.1 Å². The summed E-state index contributed by atoms with van der Waals surface area (Å²) in [5.41, 5.74) is 2.20. The Labute approximate surface area is 145 Å². The summed E-state index contributed by atoms with van der Waals surface area (Å²) in [6, 6.07) is 8.46. The van der Waals surface area contributed by atoms with E-state index in [0.29, 0.717) is 33.1 Å². The normalized spacial score (nSPS) is 11.1. The molecule has 4 aromatic rings. The minimum Gasteiger partial charge on any atom is -0.508 e. The average Bonchev–Trinajstić information content (AvgIpc) is 3.00. The molecule has 4 rings (SSSR count). The molecule has 2 heterocycles. The first-order valence-corrected chi connectivity index (χ1v) is 7.59. The lowest BCUT2D eigenvalue weighted by Crippen LogP contribution is -1.97. The second-order valence-corrected chi connectivity index (χ2v) is 5.73.